The smallest absolute Gasteiger partial charge is 0.235 e. The highest BCUT2D eigenvalue weighted by Crippen LogP contribution is 2.45. The lowest BCUT2D eigenvalue weighted by atomic mass is 9.64. The summed E-state index contributed by atoms with van der Waals surface area (Å²) in [6.45, 7) is 2.17. The number of benzene rings is 2. The van der Waals surface area contributed by atoms with Gasteiger partial charge < -0.3 is 15.4 Å². The third-order valence-electron chi connectivity index (χ3n) is 6.27. The minimum Gasteiger partial charge on any atom is -0.373 e. The van der Waals surface area contributed by atoms with Gasteiger partial charge in [0.2, 0.25) is 11.8 Å². The molecule has 1 saturated heterocycles. The van der Waals surface area contributed by atoms with E-state index in [1.807, 2.05) is 48.5 Å². The van der Waals surface area contributed by atoms with Gasteiger partial charge in [-0.15, -0.1) is 0 Å². The Morgan fingerprint density at radius 2 is 1.77 bits per heavy atom. The predicted octanol–water partition coefficient (Wildman–Crippen LogP) is 4.76. The van der Waals surface area contributed by atoms with Crippen molar-refractivity contribution in [1.29, 1.82) is 0 Å². The van der Waals surface area contributed by atoms with Gasteiger partial charge in [0.1, 0.15) is 0 Å². The van der Waals surface area contributed by atoms with Crippen molar-refractivity contribution in [3.8, 4) is 0 Å². The van der Waals surface area contributed by atoms with Gasteiger partial charge in [-0.05, 0) is 61.1 Å². The molecule has 2 amide bonds. The normalized spacial score (nSPS) is 22.6. The number of carbonyl (C=O) groups is 2. The van der Waals surface area contributed by atoms with Crippen molar-refractivity contribution in [1.82, 2.24) is 5.32 Å². The molecule has 0 unspecified atom stereocenters. The molecule has 2 aromatic rings. The van der Waals surface area contributed by atoms with Crippen LogP contribution in [0.5, 0.6) is 0 Å². The van der Waals surface area contributed by atoms with Gasteiger partial charge >= 0.3 is 0 Å². The summed E-state index contributed by atoms with van der Waals surface area (Å²) in [7, 11) is 0. The largest absolute Gasteiger partial charge is 0.373 e. The summed E-state index contributed by atoms with van der Waals surface area (Å²) in [6.07, 6.45) is 4.27. The molecule has 1 aliphatic heterocycles. The highest BCUT2D eigenvalue weighted by atomic mass is 35.5. The monoisotopic (exact) mass is 426 g/mol. The number of hydrogen-bond donors (Lipinski definition) is 2. The Morgan fingerprint density at radius 1 is 1.07 bits per heavy atom. The van der Waals surface area contributed by atoms with Crippen molar-refractivity contribution < 1.29 is 14.3 Å². The summed E-state index contributed by atoms with van der Waals surface area (Å²) in [5.74, 6) is 0.0211. The second-order valence-corrected chi connectivity index (χ2v) is 8.74. The van der Waals surface area contributed by atoms with E-state index in [2.05, 4.69) is 10.6 Å². The first-order valence-corrected chi connectivity index (χ1v) is 10.9. The van der Waals surface area contributed by atoms with E-state index in [1.165, 1.54) is 0 Å². The summed E-state index contributed by atoms with van der Waals surface area (Å²) in [5, 5.41) is 6.75. The first kappa shape index (κ1) is 20.9. The fourth-order valence-electron chi connectivity index (χ4n) is 4.43. The highest BCUT2D eigenvalue weighted by molar-refractivity contribution is 6.30. The summed E-state index contributed by atoms with van der Waals surface area (Å²) in [4.78, 5) is 24.5. The maximum absolute atomic E-state index is 13.1. The lowest BCUT2D eigenvalue weighted by Gasteiger charge is -2.40. The van der Waals surface area contributed by atoms with E-state index in [-0.39, 0.29) is 24.0 Å². The van der Waals surface area contributed by atoms with Gasteiger partial charge in [0, 0.05) is 30.3 Å². The van der Waals surface area contributed by atoms with E-state index < -0.39 is 5.41 Å². The van der Waals surface area contributed by atoms with Crippen molar-refractivity contribution in [2.24, 2.45) is 0 Å². The molecule has 5 nitrogen and oxygen atoms in total. The zero-order valence-electron chi connectivity index (χ0n) is 17.1. The molecule has 0 spiro atoms. The van der Waals surface area contributed by atoms with E-state index >= 15 is 0 Å². The van der Waals surface area contributed by atoms with Crippen LogP contribution in [0.3, 0.4) is 0 Å². The number of halogens is 1. The summed E-state index contributed by atoms with van der Waals surface area (Å²) >= 11 is 6.01. The van der Waals surface area contributed by atoms with Gasteiger partial charge in [0.05, 0.1) is 11.5 Å². The maximum atomic E-state index is 13.1. The van der Waals surface area contributed by atoms with Crippen LogP contribution in [0.1, 0.15) is 56.3 Å². The van der Waals surface area contributed by atoms with Gasteiger partial charge in [-0.1, -0.05) is 42.3 Å². The lowest BCUT2D eigenvalue weighted by molar-refractivity contribution is -0.124. The minimum atomic E-state index is -0.471. The van der Waals surface area contributed by atoms with Crippen LogP contribution in [0.2, 0.25) is 5.02 Å². The molecular weight excluding hydrogens is 400 g/mol. The molecule has 1 aliphatic carbocycles. The van der Waals surface area contributed by atoms with Gasteiger partial charge in [0.25, 0.3) is 0 Å². The van der Waals surface area contributed by atoms with Gasteiger partial charge in [0.15, 0.2) is 0 Å². The molecule has 2 aromatic carbocycles. The molecule has 4 rings (SSSR count). The van der Waals surface area contributed by atoms with E-state index in [0.717, 1.165) is 48.9 Å². The van der Waals surface area contributed by atoms with E-state index in [9.17, 15) is 9.59 Å². The average molecular weight is 427 g/mol. The summed E-state index contributed by atoms with van der Waals surface area (Å²) < 4.78 is 5.90. The van der Waals surface area contributed by atoms with Gasteiger partial charge in [-0.2, -0.15) is 0 Å². The topological polar surface area (TPSA) is 67.4 Å². The van der Waals surface area contributed by atoms with Crippen LogP contribution >= 0.6 is 11.6 Å². The first-order chi connectivity index (χ1) is 14.5. The number of hydrogen-bond acceptors (Lipinski definition) is 3. The minimum absolute atomic E-state index is 0.00989. The van der Waals surface area contributed by atoms with Crippen molar-refractivity contribution >= 4 is 29.1 Å². The van der Waals surface area contributed by atoms with Crippen LogP contribution in [-0.2, 0) is 19.7 Å². The number of rotatable bonds is 5. The molecule has 2 atom stereocenters. The Morgan fingerprint density at radius 3 is 2.37 bits per heavy atom. The second kappa shape index (κ2) is 8.78. The van der Waals surface area contributed by atoms with Crippen molar-refractivity contribution in [2.45, 2.75) is 56.6 Å². The quantitative estimate of drug-likeness (QED) is 0.724. The molecule has 2 aliphatic rings. The number of nitrogens with one attached hydrogen (secondary N) is 2. The molecule has 0 bridgehead atoms. The van der Waals surface area contributed by atoms with E-state index in [0.29, 0.717) is 11.6 Å². The molecule has 2 N–H and O–H groups in total. The first-order valence-electron chi connectivity index (χ1n) is 10.5. The van der Waals surface area contributed by atoms with Gasteiger partial charge in [-0.25, -0.2) is 0 Å². The van der Waals surface area contributed by atoms with Crippen molar-refractivity contribution in [3.05, 3.63) is 64.7 Å². The average Bonchev–Trinajstić information content (AvgIpc) is 2.69. The summed E-state index contributed by atoms with van der Waals surface area (Å²) in [6, 6.07) is 15.6. The molecule has 0 aromatic heterocycles. The maximum Gasteiger partial charge on any atom is 0.235 e. The molecule has 158 valence electrons. The number of anilines is 1. The number of amides is 2. The Kier molecular flexibility index (Phi) is 6.11. The van der Waals surface area contributed by atoms with Crippen LogP contribution < -0.4 is 10.6 Å². The predicted molar refractivity (Wildman–Crippen MR) is 118 cm³/mol. The van der Waals surface area contributed by atoms with Crippen LogP contribution in [-0.4, -0.2) is 24.5 Å². The molecule has 2 fully saturated rings. The summed E-state index contributed by atoms with van der Waals surface area (Å²) in [5.41, 5.74) is 2.38. The fraction of sp³-hybridized carbons (Fsp3) is 0.417. The third kappa shape index (κ3) is 4.37. The van der Waals surface area contributed by atoms with Crippen LogP contribution in [0.25, 0.3) is 0 Å². The molecule has 0 radical (unpaired) electrons. The Balaban J connectivity index is 1.42. The zero-order valence-corrected chi connectivity index (χ0v) is 17.9. The van der Waals surface area contributed by atoms with Crippen LogP contribution in [0.4, 0.5) is 5.69 Å². The second-order valence-electron chi connectivity index (χ2n) is 8.30. The molecule has 1 heterocycles. The number of carbonyl (C=O) groups excluding carboxylic acids is 2. The van der Waals surface area contributed by atoms with Gasteiger partial charge in [-0.3, -0.25) is 9.59 Å². The van der Waals surface area contributed by atoms with Crippen LogP contribution in [0, 0.1) is 0 Å². The Hall–Kier alpha value is -2.37. The van der Waals surface area contributed by atoms with E-state index in [4.69, 9.17) is 16.3 Å². The van der Waals surface area contributed by atoms with Crippen molar-refractivity contribution in [3.63, 3.8) is 0 Å². The van der Waals surface area contributed by atoms with E-state index in [1.54, 1.807) is 6.92 Å². The lowest BCUT2D eigenvalue weighted by Crippen LogP contribution is -2.46. The molecule has 1 saturated carbocycles. The Labute approximate surface area is 182 Å². The highest BCUT2D eigenvalue weighted by Gasteiger charge is 2.45. The molecule has 6 heteroatoms. The molecular formula is C24H27ClN2O3. The molecule has 30 heavy (non-hydrogen) atoms. The van der Waals surface area contributed by atoms with Crippen molar-refractivity contribution in [2.75, 3.05) is 11.9 Å². The van der Waals surface area contributed by atoms with Crippen LogP contribution in [0.15, 0.2) is 48.5 Å². The fourth-order valence-corrected chi connectivity index (χ4v) is 4.55. The number of ether oxygens (including phenoxy) is 1. The zero-order chi connectivity index (χ0) is 21.1. The third-order valence-corrected chi connectivity index (χ3v) is 6.52. The Bertz CT molecular complexity index is 907. The SMILES string of the molecule is CC(=O)N[C@@H]1CCO[C@H](c2ccc(NC(=O)C3(c4ccc(Cl)cc4)CCC3)cc2)C1. The standard InChI is InChI=1S/C24H27ClN2O3/c1-16(28)26-21-11-14-30-22(15-21)17-3-9-20(10-4-17)27-23(29)24(12-2-13-24)18-5-7-19(25)8-6-18/h3-10,21-22H,2,11-15H2,1H3,(H,26,28)(H,27,29)/t21-,22+/m1/s1.